The fourth-order valence-electron chi connectivity index (χ4n) is 6.24. The number of hydrogen-bond donors (Lipinski definition) is 1. The van der Waals surface area contributed by atoms with Crippen LogP contribution >= 0.6 is 24.0 Å². The van der Waals surface area contributed by atoms with Gasteiger partial charge in [0.05, 0.1) is 10.2 Å². The predicted octanol–water partition coefficient (Wildman–Crippen LogP) is 7.01. The van der Waals surface area contributed by atoms with Crippen molar-refractivity contribution in [3.8, 4) is 0 Å². The second-order valence-electron chi connectivity index (χ2n) is 10.4. The molecule has 5 atom stereocenters. The van der Waals surface area contributed by atoms with Crippen LogP contribution in [0.25, 0.3) is 0 Å². The molecule has 5 unspecified atom stereocenters. The van der Waals surface area contributed by atoms with Gasteiger partial charge in [0.1, 0.15) is 5.78 Å². The number of ketones is 1. The lowest BCUT2D eigenvalue weighted by Crippen LogP contribution is -2.28. The Morgan fingerprint density at radius 1 is 1.10 bits per heavy atom. The van der Waals surface area contributed by atoms with E-state index in [4.69, 9.17) is 12.2 Å². The van der Waals surface area contributed by atoms with Crippen molar-refractivity contribution in [2.75, 3.05) is 5.75 Å². The van der Waals surface area contributed by atoms with E-state index in [1.54, 1.807) is 5.57 Å². The Morgan fingerprint density at radius 2 is 1.97 bits per heavy atom. The largest absolute Gasteiger partial charge is 0.303 e. The molecule has 0 spiro atoms. The third-order valence-electron chi connectivity index (χ3n) is 8.11. The molecule has 168 valence electrons. The summed E-state index contributed by atoms with van der Waals surface area (Å²) in [6.07, 6.45) is 22.7. The smallest absolute Gasteiger partial charge is 0.133 e. The molecule has 2 saturated carbocycles. The molecule has 2 nitrogen and oxygen atoms in total. The highest BCUT2D eigenvalue weighted by Crippen LogP contribution is 2.43. The average molecular weight is 448 g/mol. The van der Waals surface area contributed by atoms with Crippen molar-refractivity contribution in [3.05, 3.63) is 11.6 Å². The number of nitrogens with one attached hydrogen (secondary N) is 1. The van der Waals surface area contributed by atoms with Crippen LogP contribution in [0.1, 0.15) is 103 Å². The van der Waals surface area contributed by atoms with Crippen molar-refractivity contribution in [1.82, 2.24) is 5.32 Å². The van der Waals surface area contributed by atoms with E-state index in [0.717, 1.165) is 41.0 Å². The minimum atomic E-state index is 0.440. The van der Waals surface area contributed by atoms with Crippen molar-refractivity contribution in [2.24, 2.45) is 17.8 Å². The topological polar surface area (TPSA) is 39.0 Å². The molecule has 30 heavy (non-hydrogen) atoms. The molecule has 1 aliphatic heterocycles. The summed E-state index contributed by atoms with van der Waals surface area (Å²) in [6, 6.07) is 1.04. The van der Waals surface area contributed by atoms with Gasteiger partial charge in [0.2, 0.25) is 0 Å². The quantitative estimate of drug-likeness (QED) is 0.169. The number of fused-ring (bicyclic) bond motifs is 1. The summed E-state index contributed by atoms with van der Waals surface area (Å²) in [4.78, 5) is 12.5. The van der Waals surface area contributed by atoms with Crippen LogP contribution in [0.2, 0.25) is 0 Å². The lowest BCUT2D eigenvalue weighted by molar-refractivity contribution is -0.120. The number of thioether (sulfide) groups is 1. The zero-order chi connectivity index (χ0) is 20.8. The molecule has 4 rings (SSSR count). The first kappa shape index (κ1) is 23.0. The standard InChI is InChI=1S/C26H41NOS2/c28-23(18-20-12-14-21-9-4-5-10-22(21)17-20)11-6-16-30-26(29)25-24(27-25)15-13-19-7-2-1-3-8-19/h7,20-22,24-25,27H,1-6,8-18H2. The maximum atomic E-state index is 12.5. The maximum Gasteiger partial charge on any atom is 0.133 e. The Kier molecular flexibility index (Phi) is 8.89. The molecule has 4 heteroatoms. The highest BCUT2D eigenvalue weighted by molar-refractivity contribution is 8.23. The summed E-state index contributed by atoms with van der Waals surface area (Å²) < 4.78 is 1.13. The van der Waals surface area contributed by atoms with Gasteiger partial charge in [0, 0.05) is 18.9 Å². The third kappa shape index (κ3) is 6.90. The summed E-state index contributed by atoms with van der Waals surface area (Å²) in [6.45, 7) is 0. The zero-order valence-electron chi connectivity index (χ0n) is 18.7. The summed E-state index contributed by atoms with van der Waals surface area (Å²) >= 11 is 7.47. The first-order chi connectivity index (χ1) is 14.7. The fraction of sp³-hybridized carbons (Fsp3) is 0.846. The van der Waals surface area contributed by atoms with Crippen molar-refractivity contribution in [2.45, 2.75) is 115 Å². The Hall–Kier alpha value is -0.190. The van der Waals surface area contributed by atoms with E-state index in [-0.39, 0.29) is 0 Å². The Bertz CT molecular complexity index is 631. The molecule has 1 saturated heterocycles. The molecule has 0 bridgehead atoms. The Balaban J connectivity index is 1.04. The van der Waals surface area contributed by atoms with Gasteiger partial charge in [-0.2, -0.15) is 0 Å². The number of Topliss-reactive ketones (excluding diaryl/α,β-unsaturated/α-hetero) is 1. The summed E-state index contributed by atoms with van der Waals surface area (Å²) in [5.74, 6) is 4.12. The van der Waals surface area contributed by atoms with E-state index in [0.29, 0.717) is 23.8 Å². The number of hydrogen-bond acceptors (Lipinski definition) is 4. The van der Waals surface area contributed by atoms with Gasteiger partial charge < -0.3 is 5.32 Å². The predicted molar refractivity (Wildman–Crippen MR) is 133 cm³/mol. The maximum absolute atomic E-state index is 12.5. The van der Waals surface area contributed by atoms with E-state index in [2.05, 4.69) is 11.4 Å². The number of thiocarbonyl (C=S) groups is 1. The molecule has 0 radical (unpaired) electrons. The third-order valence-corrected chi connectivity index (χ3v) is 9.75. The Labute approximate surface area is 193 Å². The van der Waals surface area contributed by atoms with E-state index in [9.17, 15) is 4.79 Å². The van der Waals surface area contributed by atoms with Gasteiger partial charge in [0.25, 0.3) is 0 Å². The van der Waals surface area contributed by atoms with E-state index < -0.39 is 0 Å². The first-order valence-electron chi connectivity index (χ1n) is 12.8. The molecule has 3 fully saturated rings. The van der Waals surface area contributed by atoms with Crippen LogP contribution in [0.15, 0.2) is 11.6 Å². The van der Waals surface area contributed by atoms with Crippen LogP contribution in [0.5, 0.6) is 0 Å². The monoisotopic (exact) mass is 447 g/mol. The second kappa shape index (κ2) is 11.6. The normalized spacial score (nSPS) is 33.5. The Morgan fingerprint density at radius 3 is 2.80 bits per heavy atom. The van der Waals surface area contributed by atoms with Crippen LogP contribution in [0.3, 0.4) is 0 Å². The van der Waals surface area contributed by atoms with E-state index in [1.165, 1.54) is 83.5 Å². The number of allylic oxidation sites excluding steroid dienone is 2. The SMILES string of the molecule is O=C(CCCSC(=S)C1NC1CCC1=CCCCC1)CC1CCC2CCCCC2C1. The van der Waals surface area contributed by atoms with Crippen LogP contribution in [0, 0.1) is 17.8 Å². The molecule has 1 heterocycles. The lowest BCUT2D eigenvalue weighted by atomic mass is 9.66. The number of carbonyl (C=O) groups excluding carboxylic acids is 1. The fourth-order valence-corrected chi connectivity index (χ4v) is 7.63. The van der Waals surface area contributed by atoms with Gasteiger partial charge in [-0.15, -0.1) is 11.8 Å². The highest BCUT2D eigenvalue weighted by Gasteiger charge is 2.39. The van der Waals surface area contributed by atoms with Crippen LogP contribution in [-0.2, 0) is 4.79 Å². The molecule has 0 amide bonds. The zero-order valence-corrected chi connectivity index (χ0v) is 20.3. The molecular weight excluding hydrogens is 406 g/mol. The van der Waals surface area contributed by atoms with E-state index >= 15 is 0 Å². The van der Waals surface area contributed by atoms with Crippen molar-refractivity contribution < 1.29 is 4.79 Å². The van der Waals surface area contributed by atoms with Gasteiger partial charge in [-0.3, -0.25) is 4.79 Å². The molecular formula is C26H41NOS2. The van der Waals surface area contributed by atoms with Crippen molar-refractivity contribution >= 4 is 34.0 Å². The summed E-state index contributed by atoms with van der Waals surface area (Å²) in [5.41, 5.74) is 1.67. The van der Waals surface area contributed by atoms with Gasteiger partial charge >= 0.3 is 0 Å². The first-order valence-corrected chi connectivity index (χ1v) is 14.2. The minimum Gasteiger partial charge on any atom is -0.303 e. The molecule has 1 N–H and O–H groups in total. The van der Waals surface area contributed by atoms with Gasteiger partial charge in [-0.1, -0.05) is 49.6 Å². The van der Waals surface area contributed by atoms with Gasteiger partial charge in [-0.25, -0.2) is 0 Å². The second-order valence-corrected chi connectivity index (χ2v) is 12.2. The van der Waals surface area contributed by atoms with Crippen LogP contribution in [-0.4, -0.2) is 27.8 Å². The van der Waals surface area contributed by atoms with Crippen molar-refractivity contribution in [1.29, 1.82) is 0 Å². The van der Waals surface area contributed by atoms with Gasteiger partial charge in [0.15, 0.2) is 0 Å². The van der Waals surface area contributed by atoms with Gasteiger partial charge in [-0.05, 0) is 87.7 Å². The average Bonchev–Trinajstić information content (AvgIpc) is 3.56. The highest BCUT2D eigenvalue weighted by atomic mass is 32.2. The number of carbonyl (C=O) groups is 1. The molecule has 4 aliphatic rings. The number of rotatable bonds is 10. The lowest BCUT2D eigenvalue weighted by Gasteiger charge is -2.39. The molecule has 0 aromatic rings. The van der Waals surface area contributed by atoms with Crippen LogP contribution in [0.4, 0.5) is 0 Å². The van der Waals surface area contributed by atoms with Crippen molar-refractivity contribution in [3.63, 3.8) is 0 Å². The van der Waals surface area contributed by atoms with Crippen LogP contribution < -0.4 is 5.32 Å². The minimum absolute atomic E-state index is 0.440. The summed E-state index contributed by atoms with van der Waals surface area (Å²) in [5, 5.41) is 3.58. The summed E-state index contributed by atoms with van der Waals surface area (Å²) in [7, 11) is 0. The molecule has 0 aromatic heterocycles. The molecule has 3 aliphatic carbocycles. The van der Waals surface area contributed by atoms with E-state index in [1.807, 2.05) is 11.8 Å². The molecule has 0 aromatic carbocycles.